The molecule has 0 aliphatic heterocycles. The maximum Gasteiger partial charge on any atom is 0.233 e. The molecule has 1 amide bonds. The van der Waals surface area contributed by atoms with Gasteiger partial charge in [0.15, 0.2) is 5.13 Å². The van der Waals surface area contributed by atoms with Crippen molar-refractivity contribution in [2.75, 3.05) is 4.90 Å². The fraction of sp³-hybridized carbons (Fsp3) is 0.200. The number of aryl methyl sites for hydroxylation is 3. The van der Waals surface area contributed by atoms with Crippen LogP contribution in [0, 0.1) is 20.8 Å². The lowest BCUT2D eigenvalue weighted by molar-refractivity contribution is -0.118. The first-order valence-electron chi connectivity index (χ1n) is 9.77. The highest BCUT2D eigenvalue weighted by Gasteiger charge is 2.21. The van der Waals surface area contributed by atoms with Gasteiger partial charge in [0.25, 0.3) is 0 Å². The van der Waals surface area contributed by atoms with Gasteiger partial charge in [-0.15, -0.1) is 0 Å². The lowest BCUT2D eigenvalue weighted by Crippen LogP contribution is -2.31. The molecule has 1 aromatic heterocycles. The number of carbonyl (C=O) groups is 1. The first kappa shape index (κ1) is 19.3. The number of hydrogen-bond donors (Lipinski definition) is 0. The third-order valence-electron chi connectivity index (χ3n) is 5.17. The van der Waals surface area contributed by atoms with Gasteiger partial charge in [-0.1, -0.05) is 65.9 Å². The molecule has 0 atom stereocenters. The molecule has 0 bridgehead atoms. The minimum Gasteiger partial charge on any atom is -0.283 e. The Hall–Kier alpha value is -2.98. The zero-order chi connectivity index (χ0) is 20.4. The Morgan fingerprint density at radius 3 is 2.45 bits per heavy atom. The second-order valence-electron chi connectivity index (χ2n) is 7.53. The highest BCUT2D eigenvalue weighted by atomic mass is 32.1. The number of carbonyl (C=O) groups excluding carboxylic acids is 1. The normalized spacial score (nSPS) is 11.0. The molecule has 0 saturated carbocycles. The van der Waals surface area contributed by atoms with Crippen LogP contribution in [-0.2, 0) is 17.8 Å². The molecule has 1 heterocycles. The zero-order valence-electron chi connectivity index (χ0n) is 17.0. The van der Waals surface area contributed by atoms with Gasteiger partial charge in [0.1, 0.15) is 0 Å². The van der Waals surface area contributed by atoms with E-state index in [4.69, 9.17) is 4.98 Å². The van der Waals surface area contributed by atoms with Crippen LogP contribution in [0.4, 0.5) is 5.13 Å². The zero-order valence-corrected chi connectivity index (χ0v) is 17.8. The number of benzene rings is 3. The number of aromatic nitrogens is 1. The van der Waals surface area contributed by atoms with Crippen molar-refractivity contribution in [1.82, 2.24) is 4.98 Å². The molecular weight excluding hydrogens is 376 g/mol. The Kier molecular flexibility index (Phi) is 5.45. The molecule has 0 radical (unpaired) electrons. The molecule has 4 heteroatoms. The molecule has 3 aromatic carbocycles. The SMILES string of the molecule is Cc1ccc2nc(N(Cc3ccccc3)C(=O)Cc3ccc(C)c(C)c3)sc2c1. The van der Waals surface area contributed by atoms with Gasteiger partial charge in [0.2, 0.25) is 5.91 Å². The Labute approximate surface area is 175 Å². The maximum atomic E-state index is 13.4. The van der Waals surface area contributed by atoms with E-state index in [1.54, 1.807) is 11.3 Å². The Balaban J connectivity index is 1.68. The number of rotatable bonds is 5. The number of fused-ring (bicyclic) bond motifs is 1. The molecule has 3 nitrogen and oxygen atoms in total. The molecule has 0 N–H and O–H groups in total. The Morgan fingerprint density at radius 2 is 1.69 bits per heavy atom. The van der Waals surface area contributed by atoms with Crippen LogP contribution in [0.5, 0.6) is 0 Å². The van der Waals surface area contributed by atoms with Crippen molar-refractivity contribution in [2.24, 2.45) is 0 Å². The molecule has 4 aromatic rings. The minimum atomic E-state index is 0.0629. The van der Waals surface area contributed by atoms with Crippen LogP contribution in [0.3, 0.4) is 0 Å². The van der Waals surface area contributed by atoms with Crippen molar-refractivity contribution in [3.63, 3.8) is 0 Å². The van der Waals surface area contributed by atoms with E-state index in [-0.39, 0.29) is 5.91 Å². The predicted molar refractivity (Wildman–Crippen MR) is 122 cm³/mol. The smallest absolute Gasteiger partial charge is 0.233 e. The van der Waals surface area contributed by atoms with Crippen molar-refractivity contribution in [3.8, 4) is 0 Å². The van der Waals surface area contributed by atoms with Crippen LogP contribution < -0.4 is 4.90 Å². The molecule has 0 unspecified atom stereocenters. The molecule has 29 heavy (non-hydrogen) atoms. The first-order chi connectivity index (χ1) is 14.0. The number of thiazole rings is 1. The molecule has 0 fully saturated rings. The summed E-state index contributed by atoms with van der Waals surface area (Å²) < 4.78 is 1.11. The topological polar surface area (TPSA) is 33.2 Å². The van der Waals surface area contributed by atoms with Crippen molar-refractivity contribution in [2.45, 2.75) is 33.7 Å². The fourth-order valence-electron chi connectivity index (χ4n) is 3.35. The van der Waals surface area contributed by atoms with E-state index in [1.807, 2.05) is 47.4 Å². The molecule has 0 saturated heterocycles. The molecule has 0 aliphatic rings. The predicted octanol–water partition coefficient (Wildman–Crippen LogP) is 6.00. The Morgan fingerprint density at radius 1 is 0.897 bits per heavy atom. The quantitative estimate of drug-likeness (QED) is 0.412. The number of amides is 1. The van der Waals surface area contributed by atoms with Crippen molar-refractivity contribution < 1.29 is 4.79 Å². The second kappa shape index (κ2) is 8.18. The second-order valence-corrected chi connectivity index (χ2v) is 8.54. The highest BCUT2D eigenvalue weighted by Crippen LogP contribution is 2.31. The maximum absolute atomic E-state index is 13.4. The van der Waals surface area contributed by atoms with E-state index in [9.17, 15) is 4.79 Å². The summed E-state index contributed by atoms with van der Waals surface area (Å²) in [5, 5.41) is 0.753. The van der Waals surface area contributed by atoms with E-state index in [0.717, 1.165) is 26.5 Å². The molecule has 0 spiro atoms. The van der Waals surface area contributed by atoms with Gasteiger partial charge in [-0.05, 0) is 60.7 Å². The number of nitrogens with zero attached hydrogens (tertiary/aromatic N) is 2. The fourth-order valence-corrected chi connectivity index (χ4v) is 4.43. The van der Waals surface area contributed by atoms with Gasteiger partial charge < -0.3 is 0 Å². The largest absolute Gasteiger partial charge is 0.283 e. The first-order valence-corrected chi connectivity index (χ1v) is 10.6. The molecule has 146 valence electrons. The summed E-state index contributed by atoms with van der Waals surface area (Å²) in [6.45, 7) is 6.77. The van der Waals surface area contributed by atoms with Crippen LogP contribution in [0.1, 0.15) is 27.8 Å². The van der Waals surface area contributed by atoms with Crippen molar-refractivity contribution in [1.29, 1.82) is 0 Å². The van der Waals surface area contributed by atoms with Gasteiger partial charge in [0, 0.05) is 0 Å². The van der Waals surface area contributed by atoms with Gasteiger partial charge in [0.05, 0.1) is 23.2 Å². The minimum absolute atomic E-state index is 0.0629. The third kappa shape index (κ3) is 4.38. The monoisotopic (exact) mass is 400 g/mol. The van der Waals surface area contributed by atoms with Crippen LogP contribution in [0.2, 0.25) is 0 Å². The summed E-state index contributed by atoms with van der Waals surface area (Å²) in [7, 11) is 0. The third-order valence-corrected chi connectivity index (χ3v) is 6.22. The summed E-state index contributed by atoms with van der Waals surface area (Å²) in [6, 6.07) is 22.5. The summed E-state index contributed by atoms with van der Waals surface area (Å²) in [4.78, 5) is 19.9. The van der Waals surface area contributed by atoms with Gasteiger partial charge in [-0.3, -0.25) is 9.69 Å². The van der Waals surface area contributed by atoms with E-state index >= 15 is 0 Å². The van der Waals surface area contributed by atoms with E-state index < -0.39 is 0 Å². The van der Waals surface area contributed by atoms with Crippen molar-refractivity contribution in [3.05, 3.63) is 94.5 Å². The van der Waals surface area contributed by atoms with E-state index in [1.165, 1.54) is 16.7 Å². The average molecular weight is 401 g/mol. The van der Waals surface area contributed by atoms with Crippen LogP contribution in [0.15, 0.2) is 66.7 Å². The standard InChI is InChI=1S/C25H24N2OS/c1-17-9-12-22-23(13-17)29-25(26-22)27(16-20-7-5-4-6-8-20)24(28)15-21-11-10-18(2)19(3)14-21/h4-14H,15-16H2,1-3H3. The average Bonchev–Trinajstić information content (AvgIpc) is 3.12. The van der Waals surface area contributed by atoms with Crippen molar-refractivity contribution >= 4 is 32.6 Å². The van der Waals surface area contributed by atoms with Crippen LogP contribution >= 0.6 is 11.3 Å². The highest BCUT2D eigenvalue weighted by molar-refractivity contribution is 7.22. The molecule has 4 rings (SSSR count). The summed E-state index contributed by atoms with van der Waals surface area (Å²) >= 11 is 1.58. The van der Waals surface area contributed by atoms with Crippen LogP contribution in [-0.4, -0.2) is 10.9 Å². The lowest BCUT2D eigenvalue weighted by atomic mass is 10.0. The van der Waals surface area contributed by atoms with E-state index in [0.29, 0.717) is 13.0 Å². The summed E-state index contributed by atoms with van der Waals surface area (Å²) in [6.07, 6.45) is 0.364. The van der Waals surface area contributed by atoms with Gasteiger partial charge in [-0.25, -0.2) is 4.98 Å². The van der Waals surface area contributed by atoms with Gasteiger partial charge in [-0.2, -0.15) is 0 Å². The number of anilines is 1. The lowest BCUT2D eigenvalue weighted by Gasteiger charge is -2.20. The Bertz CT molecular complexity index is 1160. The van der Waals surface area contributed by atoms with Gasteiger partial charge >= 0.3 is 0 Å². The molecule has 0 aliphatic carbocycles. The number of hydrogen-bond acceptors (Lipinski definition) is 3. The van der Waals surface area contributed by atoms with E-state index in [2.05, 4.69) is 45.0 Å². The summed E-state index contributed by atoms with van der Waals surface area (Å²) in [5.41, 5.74) is 6.71. The van der Waals surface area contributed by atoms with Crippen LogP contribution in [0.25, 0.3) is 10.2 Å². The summed E-state index contributed by atoms with van der Waals surface area (Å²) in [5.74, 6) is 0.0629. The molecular formula is C25H24N2OS.